The van der Waals surface area contributed by atoms with Crippen molar-refractivity contribution in [3.05, 3.63) is 53.8 Å². The Hall–Kier alpha value is -1.48. The van der Waals surface area contributed by atoms with Crippen LogP contribution < -0.4 is 4.74 Å². The maximum absolute atomic E-state index is 7.06. The molecule has 0 N–H and O–H groups in total. The number of hydrogen-bond acceptors (Lipinski definition) is 2. The van der Waals surface area contributed by atoms with Gasteiger partial charge in [0.15, 0.2) is 0 Å². The molecule has 0 aliphatic heterocycles. The van der Waals surface area contributed by atoms with E-state index in [2.05, 4.69) is 97.9 Å². The van der Waals surface area contributed by atoms with Gasteiger partial charge in [-0.3, -0.25) is 0 Å². The lowest BCUT2D eigenvalue weighted by molar-refractivity contribution is 0.354. The molecule has 3 heteroatoms. The minimum absolute atomic E-state index is 0.0391. The van der Waals surface area contributed by atoms with E-state index in [4.69, 9.17) is 9.16 Å². The summed E-state index contributed by atoms with van der Waals surface area (Å²) >= 11 is 0. The number of benzene rings is 1. The lowest BCUT2D eigenvalue weighted by atomic mass is 9.75. The first kappa shape index (κ1) is 22.8. The fourth-order valence-corrected chi connectivity index (χ4v) is 10.4. The predicted molar refractivity (Wildman–Crippen MR) is 123 cm³/mol. The van der Waals surface area contributed by atoms with Gasteiger partial charge in [-0.25, -0.2) is 0 Å². The molecule has 0 radical (unpaired) electrons. The summed E-state index contributed by atoms with van der Waals surface area (Å²) in [6, 6.07) is 8.50. The molecule has 1 atom stereocenters. The van der Waals surface area contributed by atoms with Crippen LogP contribution in [0.1, 0.15) is 73.3 Å². The lowest BCUT2D eigenvalue weighted by Gasteiger charge is -2.43. The van der Waals surface area contributed by atoms with Gasteiger partial charge in [0.05, 0.1) is 12.9 Å². The first-order valence-corrected chi connectivity index (χ1v) is 12.9. The molecule has 0 bridgehead atoms. The van der Waals surface area contributed by atoms with Crippen LogP contribution in [0.15, 0.2) is 48.3 Å². The summed E-state index contributed by atoms with van der Waals surface area (Å²) in [6.07, 6.45) is 7.95. The molecule has 2 nitrogen and oxygen atoms in total. The highest BCUT2D eigenvalue weighted by Gasteiger charge is 2.47. The van der Waals surface area contributed by atoms with Crippen LogP contribution in [-0.2, 0) is 4.43 Å². The Morgan fingerprint density at radius 1 is 0.929 bits per heavy atom. The minimum atomic E-state index is -1.95. The summed E-state index contributed by atoms with van der Waals surface area (Å²) in [7, 11) is -0.236. The van der Waals surface area contributed by atoms with Crippen LogP contribution in [0.5, 0.6) is 5.75 Å². The third-order valence-electron chi connectivity index (χ3n) is 6.51. The third-order valence-corrected chi connectivity index (χ3v) is 12.5. The van der Waals surface area contributed by atoms with E-state index < -0.39 is 8.32 Å². The summed E-state index contributed by atoms with van der Waals surface area (Å²) in [4.78, 5) is 0. The van der Waals surface area contributed by atoms with Gasteiger partial charge < -0.3 is 9.16 Å². The maximum atomic E-state index is 7.06. The van der Waals surface area contributed by atoms with Gasteiger partial charge in [0.2, 0.25) is 0 Å². The molecule has 0 spiro atoms. The van der Waals surface area contributed by atoms with Crippen LogP contribution in [0.25, 0.3) is 0 Å². The Balaban J connectivity index is 2.47. The second-order valence-corrected chi connectivity index (χ2v) is 15.1. The quantitative estimate of drug-likeness (QED) is 0.343. The highest BCUT2D eigenvalue weighted by atomic mass is 28.4. The number of hydrogen-bond donors (Lipinski definition) is 0. The second kappa shape index (κ2) is 8.90. The fourth-order valence-electron chi connectivity index (χ4n) is 5.04. The van der Waals surface area contributed by atoms with Crippen molar-refractivity contribution >= 4 is 8.32 Å². The molecule has 1 aromatic carbocycles. The van der Waals surface area contributed by atoms with Crippen LogP contribution in [0.3, 0.4) is 0 Å². The molecular formula is C25H40O2Si. The SMILES string of the molecule is COc1ccc(C2C=C(O[Si](C(C)C)(C(C)C)C(C)C)CC=CC2(C)C)cc1. The topological polar surface area (TPSA) is 18.5 Å². The van der Waals surface area contributed by atoms with Gasteiger partial charge in [0.25, 0.3) is 8.32 Å². The van der Waals surface area contributed by atoms with Crippen LogP contribution in [0, 0.1) is 5.41 Å². The lowest BCUT2D eigenvalue weighted by Crippen LogP contribution is -2.47. The molecule has 1 aliphatic carbocycles. The average Bonchev–Trinajstić information content (AvgIpc) is 2.76. The van der Waals surface area contributed by atoms with Crippen molar-refractivity contribution in [1.29, 1.82) is 0 Å². The van der Waals surface area contributed by atoms with E-state index in [0.717, 1.165) is 17.9 Å². The summed E-state index contributed by atoms with van der Waals surface area (Å²) in [6.45, 7) is 18.7. The summed E-state index contributed by atoms with van der Waals surface area (Å²) in [5.41, 5.74) is 3.08. The molecule has 0 saturated carbocycles. The highest BCUT2D eigenvalue weighted by molar-refractivity contribution is 6.77. The third kappa shape index (κ3) is 4.56. The Bertz CT molecular complexity index is 674. The van der Waals surface area contributed by atoms with Crippen molar-refractivity contribution in [2.24, 2.45) is 5.41 Å². The highest BCUT2D eigenvalue weighted by Crippen LogP contribution is 2.46. The van der Waals surface area contributed by atoms with E-state index >= 15 is 0 Å². The van der Waals surface area contributed by atoms with Crippen molar-refractivity contribution in [2.45, 2.75) is 84.4 Å². The molecule has 0 heterocycles. The van der Waals surface area contributed by atoms with E-state index in [1.165, 1.54) is 5.56 Å². The van der Waals surface area contributed by atoms with Crippen LogP contribution in [-0.4, -0.2) is 15.4 Å². The summed E-state index contributed by atoms with van der Waals surface area (Å²) < 4.78 is 12.4. The van der Waals surface area contributed by atoms with Crippen molar-refractivity contribution in [1.82, 2.24) is 0 Å². The zero-order valence-electron chi connectivity index (χ0n) is 19.4. The summed E-state index contributed by atoms with van der Waals surface area (Å²) in [5.74, 6) is 2.34. The Morgan fingerprint density at radius 2 is 1.46 bits per heavy atom. The number of ether oxygens (including phenoxy) is 1. The molecule has 1 aromatic rings. The van der Waals surface area contributed by atoms with Gasteiger partial charge in [-0.2, -0.15) is 0 Å². The van der Waals surface area contributed by atoms with E-state index in [-0.39, 0.29) is 11.3 Å². The Morgan fingerprint density at radius 3 is 1.93 bits per heavy atom. The molecule has 0 saturated heterocycles. The first-order chi connectivity index (χ1) is 13.0. The van der Waals surface area contributed by atoms with E-state index in [9.17, 15) is 0 Å². The van der Waals surface area contributed by atoms with Crippen LogP contribution >= 0.6 is 0 Å². The monoisotopic (exact) mass is 400 g/mol. The van der Waals surface area contributed by atoms with E-state index in [1.807, 2.05) is 0 Å². The van der Waals surface area contributed by atoms with Gasteiger partial charge >= 0.3 is 0 Å². The fraction of sp³-hybridized carbons (Fsp3) is 0.600. The van der Waals surface area contributed by atoms with Crippen molar-refractivity contribution in [2.75, 3.05) is 7.11 Å². The zero-order valence-corrected chi connectivity index (χ0v) is 20.4. The average molecular weight is 401 g/mol. The van der Waals surface area contributed by atoms with Crippen LogP contribution in [0.2, 0.25) is 16.6 Å². The normalized spacial score (nSPS) is 19.7. The maximum Gasteiger partial charge on any atom is 0.258 e. The van der Waals surface area contributed by atoms with E-state index in [1.54, 1.807) is 7.11 Å². The standard InChI is InChI=1S/C25H40O2Si/c1-18(2)28(19(3)4,20(5)6)27-23-11-10-16-25(7,8)24(17-23)21-12-14-22(26-9)15-13-21/h10,12-20,24H,11H2,1-9H3. The van der Waals surface area contributed by atoms with Gasteiger partial charge in [-0.1, -0.05) is 79.7 Å². The Labute approximate surface area is 174 Å². The number of allylic oxidation sites excluding steroid dienone is 3. The first-order valence-electron chi connectivity index (χ1n) is 10.8. The molecule has 0 amide bonds. The van der Waals surface area contributed by atoms with Crippen molar-refractivity contribution < 1.29 is 9.16 Å². The zero-order chi connectivity index (χ0) is 21.1. The second-order valence-electron chi connectivity index (χ2n) is 9.73. The Kier molecular flexibility index (Phi) is 7.25. The minimum Gasteiger partial charge on any atom is -0.546 e. The molecule has 1 aliphatic rings. The van der Waals surface area contributed by atoms with Gasteiger partial charge in [0, 0.05) is 12.3 Å². The molecular weight excluding hydrogens is 360 g/mol. The van der Waals surface area contributed by atoms with Crippen molar-refractivity contribution in [3.63, 3.8) is 0 Å². The van der Waals surface area contributed by atoms with Gasteiger partial charge in [-0.05, 0) is 45.8 Å². The van der Waals surface area contributed by atoms with Gasteiger partial charge in [-0.15, -0.1) is 0 Å². The number of methoxy groups -OCH3 is 1. The number of rotatable bonds is 7. The smallest absolute Gasteiger partial charge is 0.258 e. The van der Waals surface area contributed by atoms with Crippen molar-refractivity contribution in [3.8, 4) is 5.75 Å². The molecule has 0 fully saturated rings. The van der Waals surface area contributed by atoms with E-state index in [0.29, 0.717) is 16.6 Å². The molecule has 156 valence electrons. The largest absolute Gasteiger partial charge is 0.546 e. The predicted octanol–water partition coefficient (Wildman–Crippen LogP) is 7.84. The van der Waals surface area contributed by atoms with Crippen LogP contribution in [0.4, 0.5) is 0 Å². The molecule has 2 rings (SSSR count). The summed E-state index contributed by atoms with van der Waals surface area (Å²) in [5, 5.41) is 0. The molecule has 28 heavy (non-hydrogen) atoms. The van der Waals surface area contributed by atoms with Gasteiger partial charge in [0.1, 0.15) is 5.75 Å². The molecule has 1 unspecified atom stereocenters. The molecule has 0 aromatic heterocycles.